The predicted molar refractivity (Wildman–Crippen MR) is 72.0 cm³/mol. The number of carbonyl (C=O) groups is 1. The van der Waals surface area contributed by atoms with E-state index in [9.17, 15) is 4.79 Å². The zero-order valence-electron chi connectivity index (χ0n) is 9.69. The fourth-order valence-corrected chi connectivity index (χ4v) is 2.76. The molecule has 1 fully saturated rings. The zero-order chi connectivity index (χ0) is 12.6. The molecule has 0 aromatic heterocycles. The third kappa shape index (κ3) is 2.30. The maximum absolute atomic E-state index is 11.5. The van der Waals surface area contributed by atoms with Crippen LogP contribution in [0, 0.1) is 5.92 Å². The molecule has 5 heteroatoms. The summed E-state index contributed by atoms with van der Waals surface area (Å²) in [5.41, 5.74) is 12.8. The van der Waals surface area contributed by atoms with E-state index in [1.54, 1.807) is 0 Å². The van der Waals surface area contributed by atoms with Crippen LogP contribution in [0.4, 0.5) is 5.69 Å². The summed E-state index contributed by atoms with van der Waals surface area (Å²) in [5.74, 6) is 0.00954. The van der Waals surface area contributed by atoms with Crippen LogP contribution >= 0.6 is 15.9 Å². The second-order valence-corrected chi connectivity index (χ2v) is 5.40. The number of hydrogen-bond acceptors (Lipinski definition) is 3. The first-order valence-electron chi connectivity index (χ1n) is 5.59. The predicted octanol–water partition coefficient (Wildman–Crippen LogP) is 1.33. The number of benzene rings is 1. The van der Waals surface area contributed by atoms with Gasteiger partial charge in [-0.2, -0.15) is 0 Å². The quantitative estimate of drug-likeness (QED) is 0.865. The molecule has 2 unspecified atom stereocenters. The maximum atomic E-state index is 11.5. The lowest BCUT2D eigenvalue weighted by Crippen LogP contribution is -2.29. The molecule has 17 heavy (non-hydrogen) atoms. The number of rotatable bonds is 2. The lowest BCUT2D eigenvalue weighted by Gasteiger charge is -2.21. The smallest absolute Gasteiger partial charge is 0.251 e. The number of hydrogen-bond donors (Lipinski definition) is 2. The SMILES string of the molecule is CC1CN(c2cccc(Br)c2C(N)=O)CC1N. The molecule has 4 N–H and O–H groups in total. The highest BCUT2D eigenvalue weighted by Gasteiger charge is 2.29. The Morgan fingerprint density at radius 3 is 2.71 bits per heavy atom. The fraction of sp³-hybridized carbons (Fsp3) is 0.417. The van der Waals surface area contributed by atoms with Crippen molar-refractivity contribution < 1.29 is 4.79 Å². The monoisotopic (exact) mass is 297 g/mol. The highest BCUT2D eigenvalue weighted by atomic mass is 79.9. The van der Waals surface area contributed by atoms with E-state index < -0.39 is 5.91 Å². The summed E-state index contributed by atoms with van der Waals surface area (Å²) in [7, 11) is 0. The van der Waals surface area contributed by atoms with E-state index in [0.717, 1.165) is 23.2 Å². The first-order valence-corrected chi connectivity index (χ1v) is 6.39. The molecule has 4 nitrogen and oxygen atoms in total. The Kier molecular flexibility index (Phi) is 3.40. The summed E-state index contributed by atoms with van der Waals surface area (Å²) in [6.45, 7) is 3.74. The zero-order valence-corrected chi connectivity index (χ0v) is 11.3. The summed E-state index contributed by atoms with van der Waals surface area (Å²) < 4.78 is 0.732. The van der Waals surface area contributed by atoms with Crippen LogP contribution in [-0.4, -0.2) is 25.0 Å². The van der Waals surface area contributed by atoms with Crippen molar-refractivity contribution in [1.82, 2.24) is 0 Å². The van der Waals surface area contributed by atoms with Crippen LogP contribution in [0.3, 0.4) is 0 Å². The van der Waals surface area contributed by atoms with Gasteiger partial charge in [0.25, 0.3) is 5.91 Å². The minimum absolute atomic E-state index is 0.148. The molecule has 1 aliphatic heterocycles. The van der Waals surface area contributed by atoms with E-state index in [1.165, 1.54) is 0 Å². The molecular formula is C12H16BrN3O. The van der Waals surface area contributed by atoms with E-state index >= 15 is 0 Å². The van der Waals surface area contributed by atoms with Crippen molar-refractivity contribution >= 4 is 27.5 Å². The topological polar surface area (TPSA) is 72.3 Å². The van der Waals surface area contributed by atoms with Crippen LogP contribution in [0.25, 0.3) is 0 Å². The van der Waals surface area contributed by atoms with Gasteiger partial charge < -0.3 is 16.4 Å². The molecule has 1 aromatic carbocycles. The molecule has 0 bridgehead atoms. The van der Waals surface area contributed by atoms with Crippen molar-refractivity contribution in [2.24, 2.45) is 17.4 Å². The standard InChI is InChI=1S/C12H16BrN3O/c1-7-5-16(6-9(7)14)10-4-2-3-8(13)11(10)12(15)17/h2-4,7,9H,5-6,14H2,1H3,(H2,15,17). The van der Waals surface area contributed by atoms with E-state index in [2.05, 4.69) is 27.8 Å². The van der Waals surface area contributed by atoms with Crippen molar-refractivity contribution in [3.05, 3.63) is 28.2 Å². The molecule has 0 aliphatic carbocycles. The van der Waals surface area contributed by atoms with Gasteiger partial charge in [0, 0.05) is 23.6 Å². The molecule has 0 saturated carbocycles. The van der Waals surface area contributed by atoms with Crippen molar-refractivity contribution in [2.75, 3.05) is 18.0 Å². The molecule has 2 rings (SSSR count). The van der Waals surface area contributed by atoms with Gasteiger partial charge in [0.2, 0.25) is 0 Å². The normalized spacial score (nSPS) is 24.1. The molecule has 1 aliphatic rings. The minimum Gasteiger partial charge on any atom is -0.369 e. The van der Waals surface area contributed by atoms with E-state index in [1.807, 2.05) is 18.2 Å². The average Bonchev–Trinajstić information content (AvgIpc) is 2.58. The van der Waals surface area contributed by atoms with Crippen LogP contribution < -0.4 is 16.4 Å². The van der Waals surface area contributed by atoms with Crippen molar-refractivity contribution in [3.8, 4) is 0 Å². The van der Waals surface area contributed by atoms with Crippen LogP contribution in [0.2, 0.25) is 0 Å². The largest absolute Gasteiger partial charge is 0.369 e. The highest BCUT2D eigenvalue weighted by molar-refractivity contribution is 9.10. The first kappa shape index (κ1) is 12.4. The number of primary amides is 1. The molecule has 2 atom stereocenters. The van der Waals surface area contributed by atoms with Gasteiger partial charge in [0.05, 0.1) is 11.3 Å². The Morgan fingerprint density at radius 1 is 1.47 bits per heavy atom. The summed E-state index contributed by atoms with van der Waals surface area (Å²) in [6.07, 6.45) is 0. The van der Waals surface area contributed by atoms with Gasteiger partial charge in [0.1, 0.15) is 0 Å². The van der Waals surface area contributed by atoms with Gasteiger partial charge in [-0.15, -0.1) is 0 Å². The van der Waals surface area contributed by atoms with Crippen molar-refractivity contribution in [3.63, 3.8) is 0 Å². The van der Waals surface area contributed by atoms with Crippen molar-refractivity contribution in [2.45, 2.75) is 13.0 Å². The van der Waals surface area contributed by atoms with Gasteiger partial charge in [0.15, 0.2) is 0 Å². The Hall–Kier alpha value is -1.07. The van der Waals surface area contributed by atoms with Gasteiger partial charge in [-0.1, -0.05) is 13.0 Å². The Bertz CT molecular complexity index is 439. The van der Waals surface area contributed by atoms with Crippen LogP contribution in [-0.2, 0) is 0 Å². The van der Waals surface area contributed by atoms with Gasteiger partial charge in [-0.25, -0.2) is 0 Å². The van der Waals surface area contributed by atoms with Gasteiger partial charge >= 0.3 is 0 Å². The fourth-order valence-electron chi connectivity index (χ4n) is 2.21. The van der Waals surface area contributed by atoms with E-state index in [-0.39, 0.29) is 6.04 Å². The number of nitrogens with zero attached hydrogens (tertiary/aromatic N) is 1. The van der Waals surface area contributed by atoms with Crippen molar-refractivity contribution in [1.29, 1.82) is 0 Å². The highest BCUT2D eigenvalue weighted by Crippen LogP contribution is 2.30. The molecule has 92 valence electrons. The molecular weight excluding hydrogens is 282 g/mol. The summed E-state index contributed by atoms with van der Waals surface area (Å²) in [4.78, 5) is 13.6. The number of nitrogens with two attached hydrogens (primary N) is 2. The molecule has 0 spiro atoms. The minimum atomic E-state index is -0.416. The van der Waals surface area contributed by atoms with Crippen LogP contribution in [0.5, 0.6) is 0 Å². The number of carbonyl (C=O) groups excluding carboxylic acids is 1. The molecule has 1 aromatic rings. The molecule has 1 saturated heterocycles. The summed E-state index contributed by atoms with van der Waals surface area (Å²) in [6, 6.07) is 5.79. The second kappa shape index (κ2) is 4.66. The van der Waals surface area contributed by atoms with Gasteiger partial charge in [-0.3, -0.25) is 4.79 Å². The molecule has 1 heterocycles. The molecule has 0 radical (unpaired) electrons. The second-order valence-electron chi connectivity index (χ2n) is 4.54. The van der Waals surface area contributed by atoms with E-state index in [4.69, 9.17) is 11.5 Å². The Morgan fingerprint density at radius 2 is 2.18 bits per heavy atom. The lowest BCUT2D eigenvalue weighted by molar-refractivity contribution is 0.1000. The van der Waals surface area contributed by atoms with E-state index in [0.29, 0.717) is 11.5 Å². The molecule has 1 amide bonds. The summed E-state index contributed by atoms with van der Waals surface area (Å²) in [5, 5.41) is 0. The Labute approximate surface area is 109 Å². The first-order chi connectivity index (χ1) is 8.00. The number of amides is 1. The average molecular weight is 298 g/mol. The van der Waals surface area contributed by atoms with Gasteiger partial charge in [-0.05, 0) is 34.0 Å². The maximum Gasteiger partial charge on any atom is 0.251 e. The third-order valence-corrected chi connectivity index (χ3v) is 3.91. The number of anilines is 1. The van der Waals surface area contributed by atoms with Crippen LogP contribution in [0.1, 0.15) is 17.3 Å². The third-order valence-electron chi connectivity index (χ3n) is 3.25. The number of halogens is 1. The van der Waals surface area contributed by atoms with Crippen LogP contribution in [0.15, 0.2) is 22.7 Å². The lowest BCUT2D eigenvalue weighted by atomic mass is 10.1. The Balaban J connectivity index is 2.39. The summed E-state index contributed by atoms with van der Waals surface area (Å²) >= 11 is 3.37.